The first kappa shape index (κ1) is 13.5. The predicted octanol–water partition coefficient (Wildman–Crippen LogP) is 1.41. The van der Waals surface area contributed by atoms with Crippen LogP contribution in [0.2, 0.25) is 5.02 Å². The van der Waals surface area contributed by atoms with Crippen molar-refractivity contribution in [2.24, 2.45) is 5.73 Å². The summed E-state index contributed by atoms with van der Waals surface area (Å²) in [4.78, 5) is 22.7. The third kappa shape index (κ3) is 3.44. The van der Waals surface area contributed by atoms with Gasteiger partial charge in [-0.1, -0.05) is 11.6 Å². The number of carbonyl (C=O) groups is 2. The van der Waals surface area contributed by atoms with Crippen LogP contribution in [0.15, 0.2) is 18.2 Å². The molecular weight excluding hydrogens is 244 g/mol. The van der Waals surface area contributed by atoms with Crippen molar-refractivity contribution in [3.05, 3.63) is 28.8 Å². The molecule has 1 aromatic rings. The Morgan fingerprint density at radius 2 is 2.12 bits per heavy atom. The number of esters is 1. The van der Waals surface area contributed by atoms with Gasteiger partial charge in [0, 0.05) is 0 Å². The maximum atomic E-state index is 11.4. The van der Waals surface area contributed by atoms with Gasteiger partial charge in [0.1, 0.15) is 0 Å². The van der Waals surface area contributed by atoms with Gasteiger partial charge in [-0.3, -0.25) is 4.79 Å². The summed E-state index contributed by atoms with van der Waals surface area (Å²) >= 11 is 5.89. The highest BCUT2D eigenvalue weighted by atomic mass is 35.5. The molecule has 0 aliphatic rings. The Bertz CT molecular complexity index is 446. The molecule has 0 saturated heterocycles. The van der Waals surface area contributed by atoms with Gasteiger partial charge in [-0.25, -0.2) is 4.79 Å². The van der Waals surface area contributed by atoms with E-state index >= 15 is 0 Å². The van der Waals surface area contributed by atoms with Gasteiger partial charge < -0.3 is 15.8 Å². The molecule has 0 saturated carbocycles. The summed E-state index contributed by atoms with van der Waals surface area (Å²) < 4.78 is 4.56. The molecule has 1 amide bonds. The molecule has 0 aliphatic carbocycles. The highest BCUT2D eigenvalue weighted by Crippen LogP contribution is 2.23. The maximum absolute atomic E-state index is 11.4. The van der Waals surface area contributed by atoms with E-state index in [0.717, 1.165) is 0 Å². The number of anilines is 1. The summed E-state index contributed by atoms with van der Waals surface area (Å²) in [6.45, 7) is 1.55. The lowest BCUT2D eigenvalue weighted by Crippen LogP contribution is -2.32. The standard InChI is InChI=1S/C11H13ClN2O3/c1-6(13)10(15)14-9-5-7(11(16)17-2)3-4-8(9)12/h3-6H,13H2,1-2H3,(H,14,15)/t6-/m0/s1. The summed E-state index contributed by atoms with van der Waals surface area (Å²) in [5, 5.41) is 2.85. The minimum atomic E-state index is -0.659. The van der Waals surface area contributed by atoms with Crippen molar-refractivity contribution in [3.8, 4) is 0 Å². The average Bonchev–Trinajstić information content (AvgIpc) is 2.30. The summed E-state index contributed by atoms with van der Waals surface area (Å²) in [6.07, 6.45) is 0. The van der Waals surface area contributed by atoms with Crippen LogP contribution in [0.5, 0.6) is 0 Å². The van der Waals surface area contributed by atoms with Gasteiger partial charge in [0.15, 0.2) is 0 Å². The van der Waals surface area contributed by atoms with E-state index in [1.165, 1.54) is 25.3 Å². The lowest BCUT2D eigenvalue weighted by atomic mass is 10.2. The number of amides is 1. The topological polar surface area (TPSA) is 81.4 Å². The number of halogens is 1. The Balaban J connectivity index is 2.99. The minimum Gasteiger partial charge on any atom is -0.465 e. The van der Waals surface area contributed by atoms with Crippen LogP contribution < -0.4 is 11.1 Å². The number of hydrogen-bond donors (Lipinski definition) is 2. The number of ether oxygens (including phenoxy) is 1. The Labute approximate surface area is 104 Å². The smallest absolute Gasteiger partial charge is 0.337 e. The molecular formula is C11H13ClN2O3. The Morgan fingerprint density at radius 1 is 1.47 bits per heavy atom. The Kier molecular flexibility index (Phi) is 4.48. The van der Waals surface area contributed by atoms with E-state index in [2.05, 4.69) is 10.1 Å². The number of hydrogen-bond acceptors (Lipinski definition) is 4. The number of carbonyl (C=O) groups excluding carboxylic acids is 2. The second-order valence-corrected chi connectivity index (χ2v) is 3.87. The predicted molar refractivity (Wildman–Crippen MR) is 65.1 cm³/mol. The second-order valence-electron chi connectivity index (χ2n) is 3.46. The first-order valence-corrected chi connectivity index (χ1v) is 5.27. The molecule has 17 heavy (non-hydrogen) atoms. The molecule has 0 aromatic heterocycles. The number of methoxy groups -OCH3 is 1. The lowest BCUT2D eigenvalue weighted by Gasteiger charge is -2.10. The van der Waals surface area contributed by atoms with Crippen molar-refractivity contribution in [2.75, 3.05) is 12.4 Å². The van der Waals surface area contributed by atoms with Gasteiger partial charge >= 0.3 is 5.97 Å². The van der Waals surface area contributed by atoms with Crippen molar-refractivity contribution in [1.29, 1.82) is 0 Å². The van der Waals surface area contributed by atoms with Crippen LogP contribution in [-0.2, 0) is 9.53 Å². The fraction of sp³-hybridized carbons (Fsp3) is 0.273. The monoisotopic (exact) mass is 256 g/mol. The first-order chi connectivity index (χ1) is 7.95. The first-order valence-electron chi connectivity index (χ1n) is 4.90. The van der Waals surface area contributed by atoms with E-state index < -0.39 is 12.0 Å². The van der Waals surface area contributed by atoms with Crippen LogP contribution >= 0.6 is 11.6 Å². The molecule has 0 spiro atoms. The summed E-state index contributed by atoms with van der Waals surface area (Å²) in [7, 11) is 1.27. The molecule has 1 rings (SSSR count). The SMILES string of the molecule is COC(=O)c1ccc(Cl)c(NC(=O)[C@H](C)N)c1. The van der Waals surface area contributed by atoms with Gasteiger partial charge in [-0.05, 0) is 25.1 Å². The Hall–Kier alpha value is -1.59. The maximum Gasteiger partial charge on any atom is 0.337 e. The summed E-state index contributed by atoms with van der Waals surface area (Å²) in [6, 6.07) is 3.79. The Morgan fingerprint density at radius 3 is 2.65 bits per heavy atom. The average molecular weight is 257 g/mol. The van der Waals surface area contributed by atoms with Crippen molar-refractivity contribution in [1.82, 2.24) is 0 Å². The van der Waals surface area contributed by atoms with Gasteiger partial charge in [0.2, 0.25) is 5.91 Å². The van der Waals surface area contributed by atoms with Crippen molar-refractivity contribution in [3.63, 3.8) is 0 Å². The van der Waals surface area contributed by atoms with Gasteiger partial charge in [0.05, 0.1) is 29.4 Å². The largest absolute Gasteiger partial charge is 0.465 e. The normalized spacial score (nSPS) is 11.8. The summed E-state index contributed by atoms with van der Waals surface area (Å²) in [5.74, 6) is -0.883. The third-order valence-electron chi connectivity index (χ3n) is 2.06. The molecule has 0 radical (unpaired) electrons. The molecule has 0 aliphatic heterocycles. The van der Waals surface area contributed by atoms with E-state index in [-0.39, 0.29) is 5.91 Å². The molecule has 0 fully saturated rings. The van der Waals surface area contributed by atoms with Crippen LogP contribution in [0.25, 0.3) is 0 Å². The molecule has 1 aromatic carbocycles. The number of benzene rings is 1. The zero-order valence-corrected chi connectivity index (χ0v) is 10.2. The third-order valence-corrected chi connectivity index (χ3v) is 2.39. The van der Waals surface area contributed by atoms with E-state index in [1.807, 2.05) is 0 Å². The van der Waals surface area contributed by atoms with Crippen LogP contribution in [0.3, 0.4) is 0 Å². The fourth-order valence-corrected chi connectivity index (χ4v) is 1.28. The van der Waals surface area contributed by atoms with Crippen LogP contribution in [-0.4, -0.2) is 25.0 Å². The van der Waals surface area contributed by atoms with Gasteiger partial charge in [-0.2, -0.15) is 0 Å². The molecule has 92 valence electrons. The van der Waals surface area contributed by atoms with E-state index in [4.69, 9.17) is 17.3 Å². The zero-order chi connectivity index (χ0) is 13.0. The van der Waals surface area contributed by atoms with Crippen molar-refractivity contribution < 1.29 is 14.3 Å². The van der Waals surface area contributed by atoms with Crippen LogP contribution in [0, 0.1) is 0 Å². The molecule has 0 unspecified atom stereocenters. The second kappa shape index (κ2) is 5.65. The van der Waals surface area contributed by atoms with Gasteiger partial charge in [-0.15, -0.1) is 0 Å². The van der Waals surface area contributed by atoms with Crippen molar-refractivity contribution >= 4 is 29.2 Å². The number of rotatable bonds is 3. The number of nitrogens with one attached hydrogen (secondary N) is 1. The van der Waals surface area contributed by atoms with Crippen LogP contribution in [0.4, 0.5) is 5.69 Å². The molecule has 5 nitrogen and oxygen atoms in total. The summed E-state index contributed by atoms with van der Waals surface area (Å²) in [5.41, 5.74) is 6.04. The van der Waals surface area contributed by atoms with E-state index in [9.17, 15) is 9.59 Å². The molecule has 3 N–H and O–H groups in total. The van der Waals surface area contributed by atoms with E-state index in [1.54, 1.807) is 6.92 Å². The quantitative estimate of drug-likeness (QED) is 0.802. The van der Waals surface area contributed by atoms with Crippen LogP contribution in [0.1, 0.15) is 17.3 Å². The minimum absolute atomic E-state index is 0.303. The highest BCUT2D eigenvalue weighted by molar-refractivity contribution is 6.33. The van der Waals surface area contributed by atoms with Crippen molar-refractivity contribution in [2.45, 2.75) is 13.0 Å². The highest BCUT2D eigenvalue weighted by Gasteiger charge is 2.13. The molecule has 0 bridgehead atoms. The fourth-order valence-electron chi connectivity index (χ4n) is 1.11. The van der Waals surface area contributed by atoms with E-state index in [0.29, 0.717) is 16.3 Å². The zero-order valence-electron chi connectivity index (χ0n) is 9.49. The number of nitrogens with two attached hydrogens (primary N) is 1. The molecule has 1 atom stereocenters. The van der Waals surface area contributed by atoms with Gasteiger partial charge in [0.25, 0.3) is 0 Å². The lowest BCUT2D eigenvalue weighted by molar-refractivity contribution is -0.117. The molecule has 6 heteroatoms. The molecule has 0 heterocycles.